The van der Waals surface area contributed by atoms with Crippen molar-refractivity contribution in [3.63, 3.8) is 0 Å². The molecule has 0 bridgehead atoms. The van der Waals surface area contributed by atoms with Crippen molar-refractivity contribution in [2.24, 2.45) is 5.92 Å². The standard InChI is InChI=1S/C22H22FN3O3S/c23-19-8-6-16(7-9-19)15-25-22(27)18-10-13-26(14-11-18)30(28,29)20-5-1-3-17-4-2-12-24-21(17)20/h1-9,12,18H,10-11,13-15H2,(H,25,27). The number of nitrogens with zero attached hydrogens (tertiary/aromatic N) is 2. The Morgan fingerprint density at radius 1 is 1.07 bits per heavy atom. The molecule has 1 saturated heterocycles. The summed E-state index contributed by atoms with van der Waals surface area (Å²) in [6.45, 7) is 0.875. The summed E-state index contributed by atoms with van der Waals surface area (Å²) in [5.41, 5.74) is 1.27. The summed E-state index contributed by atoms with van der Waals surface area (Å²) < 4.78 is 40.7. The average Bonchev–Trinajstić information content (AvgIpc) is 2.78. The van der Waals surface area contributed by atoms with Gasteiger partial charge in [-0.05, 0) is 42.7 Å². The number of piperidine rings is 1. The fourth-order valence-corrected chi connectivity index (χ4v) is 5.35. The summed E-state index contributed by atoms with van der Waals surface area (Å²) in [5.74, 6) is -0.675. The third kappa shape index (κ3) is 4.20. The number of carbonyl (C=O) groups excluding carboxylic acids is 1. The largest absolute Gasteiger partial charge is 0.352 e. The van der Waals surface area contributed by atoms with Crippen LogP contribution in [0.25, 0.3) is 10.9 Å². The molecule has 0 spiro atoms. The first kappa shape index (κ1) is 20.4. The Labute approximate surface area is 174 Å². The molecule has 1 aliphatic rings. The number of pyridine rings is 1. The van der Waals surface area contributed by atoms with E-state index in [1.807, 2.05) is 12.1 Å². The normalized spacial score (nSPS) is 15.9. The van der Waals surface area contributed by atoms with Gasteiger partial charge in [0.15, 0.2) is 0 Å². The van der Waals surface area contributed by atoms with Crippen LogP contribution in [0, 0.1) is 11.7 Å². The van der Waals surface area contributed by atoms with E-state index < -0.39 is 10.0 Å². The second kappa shape index (κ2) is 8.49. The quantitative estimate of drug-likeness (QED) is 0.679. The van der Waals surface area contributed by atoms with E-state index in [1.165, 1.54) is 16.4 Å². The molecule has 1 N–H and O–H groups in total. The van der Waals surface area contributed by atoms with Gasteiger partial charge in [0.2, 0.25) is 15.9 Å². The lowest BCUT2D eigenvalue weighted by Gasteiger charge is -2.30. The first-order valence-corrected chi connectivity index (χ1v) is 11.3. The average molecular weight is 428 g/mol. The lowest BCUT2D eigenvalue weighted by atomic mass is 9.97. The third-order valence-corrected chi connectivity index (χ3v) is 7.35. The van der Waals surface area contributed by atoms with Crippen LogP contribution < -0.4 is 5.32 Å². The maximum Gasteiger partial charge on any atom is 0.245 e. The number of halogens is 1. The summed E-state index contributed by atoms with van der Waals surface area (Å²) in [4.78, 5) is 16.9. The fourth-order valence-electron chi connectivity index (χ4n) is 3.72. The smallest absolute Gasteiger partial charge is 0.245 e. The number of rotatable bonds is 5. The second-order valence-electron chi connectivity index (χ2n) is 7.35. The van der Waals surface area contributed by atoms with Gasteiger partial charge in [-0.25, -0.2) is 12.8 Å². The predicted molar refractivity (Wildman–Crippen MR) is 111 cm³/mol. The number of nitrogens with one attached hydrogen (secondary N) is 1. The number of benzene rings is 2. The molecule has 1 aliphatic heterocycles. The van der Waals surface area contributed by atoms with Gasteiger partial charge in [0.1, 0.15) is 10.7 Å². The summed E-state index contributed by atoms with van der Waals surface area (Å²) in [7, 11) is -3.69. The molecule has 1 aromatic heterocycles. The van der Waals surface area contributed by atoms with Crippen LogP contribution >= 0.6 is 0 Å². The number of hydrogen-bond acceptors (Lipinski definition) is 4. The lowest BCUT2D eigenvalue weighted by Crippen LogP contribution is -2.42. The highest BCUT2D eigenvalue weighted by Crippen LogP contribution is 2.27. The van der Waals surface area contributed by atoms with Crippen LogP contribution in [0.3, 0.4) is 0 Å². The van der Waals surface area contributed by atoms with Gasteiger partial charge in [-0.15, -0.1) is 0 Å². The highest BCUT2D eigenvalue weighted by molar-refractivity contribution is 7.89. The minimum atomic E-state index is -3.69. The number of para-hydroxylation sites is 1. The predicted octanol–water partition coefficient (Wildman–Crippen LogP) is 3.09. The molecule has 0 aliphatic carbocycles. The van der Waals surface area contributed by atoms with Crippen molar-refractivity contribution in [1.29, 1.82) is 0 Å². The van der Waals surface area contributed by atoms with Crippen LogP contribution in [-0.4, -0.2) is 36.7 Å². The van der Waals surface area contributed by atoms with Crippen molar-refractivity contribution in [1.82, 2.24) is 14.6 Å². The van der Waals surface area contributed by atoms with Gasteiger partial charge in [-0.2, -0.15) is 4.31 Å². The fraction of sp³-hybridized carbons (Fsp3) is 0.273. The molecule has 0 atom stereocenters. The van der Waals surface area contributed by atoms with E-state index in [2.05, 4.69) is 10.3 Å². The van der Waals surface area contributed by atoms with Gasteiger partial charge in [-0.3, -0.25) is 9.78 Å². The number of sulfonamides is 1. The third-order valence-electron chi connectivity index (χ3n) is 5.42. The molecule has 2 aromatic carbocycles. The first-order chi connectivity index (χ1) is 14.4. The Morgan fingerprint density at radius 3 is 2.50 bits per heavy atom. The Hall–Kier alpha value is -2.84. The van der Waals surface area contributed by atoms with Crippen LogP contribution in [0.1, 0.15) is 18.4 Å². The van der Waals surface area contributed by atoms with Gasteiger partial charge in [0, 0.05) is 37.1 Å². The molecule has 0 radical (unpaired) electrons. The van der Waals surface area contributed by atoms with E-state index in [1.54, 1.807) is 36.5 Å². The molecular weight excluding hydrogens is 405 g/mol. The van der Waals surface area contributed by atoms with Gasteiger partial charge < -0.3 is 5.32 Å². The van der Waals surface area contributed by atoms with Crippen molar-refractivity contribution >= 4 is 26.8 Å². The van der Waals surface area contributed by atoms with E-state index in [4.69, 9.17) is 0 Å². The van der Waals surface area contributed by atoms with Crippen LogP contribution in [0.2, 0.25) is 0 Å². The lowest BCUT2D eigenvalue weighted by molar-refractivity contribution is -0.126. The van der Waals surface area contributed by atoms with Gasteiger partial charge >= 0.3 is 0 Å². The number of hydrogen-bond donors (Lipinski definition) is 1. The zero-order valence-corrected chi connectivity index (χ0v) is 17.1. The summed E-state index contributed by atoms with van der Waals surface area (Å²) in [6, 6.07) is 14.7. The Bertz CT molecular complexity index is 1150. The monoisotopic (exact) mass is 427 g/mol. The topological polar surface area (TPSA) is 79.4 Å². The molecule has 6 nitrogen and oxygen atoms in total. The Morgan fingerprint density at radius 2 is 1.77 bits per heavy atom. The molecule has 2 heterocycles. The van der Waals surface area contributed by atoms with E-state index in [0.29, 0.717) is 24.9 Å². The SMILES string of the molecule is O=C(NCc1ccc(F)cc1)C1CCN(S(=O)(=O)c2cccc3cccnc23)CC1. The molecular formula is C22H22FN3O3S. The Balaban J connectivity index is 1.40. The van der Waals surface area contributed by atoms with Crippen molar-refractivity contribution in [3.05, 3.63) is 72.2 Å². The molecule has 4 rings (SSSR count). The van der Waals surface area contributed by atoms with Crippen molar-refractivity contribution in [2.75, 3.05) is 13.1 Å². The number of carbonyl (C=O) groups is 1. The minimum absolute atomic E-state index is 0.108. The molecule has 1 fully saturated rings. The molecule has 1 amide bonds. The van der Waals surface area contributed by atoms with Crippen LogP contribution in [0.5, 0.6) is 0 Å². The molecule has 0 unspecified atom stereocenters. The zero-order chi connectivity index (χ0) is 21.1. The van der Waals surface area contributed by atoms with Crippen molar-refractivity contribution in [3.8, 4) is 0 Å². The van der Waals surface area contributed by atoms with E-state index in [0.717, 1.165) is 10.9 Å². The van der Waals surface area contributed by atoms with E-state index in [-0.39, 0.29) is 35.6 Å². The Kier molecular flexibility index (Phi) is 5.78. The van der Waals surface area contributed by atoms with Gasteiger partial charge in [-0.1, -0.05) is 30.3 Å². The zero-order valence-electron chi connectivity index (χ0n) is 16.3. The van der Waals surface area contributed by atoms with Gasteiger partial charge in [0.05, 0.1) is 5.52 Å². The maximum atomic E-state index is 13.2. The maximum absolute atomic E-state index is 13.2. The summed E-state index contributed by atoms with van der Waals surface area (Å²) >= 11 is 0. The first-order valence-electron chi connectivity index (χ1n) is 9.81. The highest BCUT2D eigenvalue weighted by atomic mass is 32.2. The molecule has 156 valence electrons. The highest BCUT2D eigenvalue weighted by Gasteiger charge is 2.33. The van der Waals surface area contributed by atoms with E-state index >= 15 is 0 Å². The summed E-state index contributed by atoms with van der Waals surface area (Å²) in [6.07, 6.45) is 2.48. The second-order valence-corrected chi connectivity index (χ2v) is 9.26. The van der Waals surface area contributed by atoms with Crippen LogP contribution in [0.4, 0.5) is 4.39 Å². The summed E-state index contributed by atoms with van der Waals surface area (Å²) in [5, 5.41) is 3.63. The molecule has 30 heavy (non-hydrogen) atoms. The van der Waals surface area contributed by atoms with Crippen molar-refractivity contribution < 1.29 is 17.6 Å². The van der Waals surface area contributed by atoms with Crippen molar-refractivity contribution in [2.45, 2.75) is 24.3 Å². The number of aromatic nitrogens is 1. The minimum Gasteiger partial charge on any atom is -0.352 e. The molecule has 8 heteroatoms. The number of amides is 1. The molecule has 3 aromatic rings. The van der Waals surface area contributed by atoms with Gasteiger partial charge in [0.25, 0.3) is 0 Å². The number of fused-ring (bicyclic) bond motifs is 1. The van der Waals surface area contributed by atoms with E-state index in [9.17, 15) is 17.6 Å². The molecule has 0 saturated carbocycles. The van der Waals surface area contributed by atoms with Crippen LogP contribution in [0.15, 0.2) is 65.7 Å². The van der Waals surface area contributed by atoms with Crippen LogP contribution in [-0.2, 0) is 21.4 Å².